The normalized spacial score (nSPS) is 15.2. The number of fused-ring (bicyclic) bond motifs is 13. The number of rotatable bonds is 8. The Balaban J connectivity index is 0.977. The smallest absolute Gasteiger partial charge is 0.256 e. The van der Waals surface area contributed by atoms with Crippen molar-refractivity contribution < 1.29 is 18.4 Å². The second-order valence-corrected chi connectivity index (χ2v) is 35.8. The van der Waals surface area contributed by atoms with E-state index in [2.05, 4.69) is 312 Å². The molecule has 19 rings (SSSR count). The zero-order valence-electron chi connectivity index (χ0n) is 75.3. The van der Waals surface area contributed by atoms with Gasteiger partial charge in [0, 0.05) is 61.9 Å². The lowest BCUT2D eigenvalue weighted by molar-refractivity contribution is 0.487. The summed E-state index contributed by atoms with van der Waals surface area (Å²) in [5.41, 5.74) is 20.9. The minimum absolute atomic E-state index is 0.117. The maximum Gasteiger partial charge on any atom is 0.256 e. The third-order valence-electron chi connectivity index (χ3n) is 23.7. The van der Waals surface area contributed by atoms with Crippen LogP contribution in [0.1, 0.15) is 168 Å². The molecule has 110 heavy (non-hydrogen) atoms. The molecule has 0 unspecified atom stereocenters. The van der Waals surface area contributed by atoms with Gasteiger partial charge in [0.05, 0.1) is 52.6 Å². The molecule has 2 aromatic heterocycles. The zero-order valence-corrected chi connectivity index (χ0v) is 65.3. The molecule has 0 saturated heterocycles. The van der Waals surface area contributed by atoms with E-state index in [9.17, 15) is 11.0 Å². The highest BCUT2D eigenvalue weighted by atomic mass is 16.5. The molecule has 3 aliphatic rings. The fraction of sp³-hybridized carbons (Fsp3) is 0.200. The van der Waals surface area contributed by atoms with E-state index in [4.69, 9.17) is 7.48 Å². The first-order chi connectivity index (χ1) is 56.9. The number of hydrogen-bond acceptors (Lipinski definition) is 2. The Morgan fingerprint density at radius 3 is 1.25 bits per heavy atom. The van der Waals surface area contributed by atoms with Gasteiger partial charge in [0.15, 0.2) is 0 Å². The van der Waals surface area contributed by atoms with Crippen LogP contribution < -0.4 is 26.0 Å². The van der Waals surface area contributed by atoms with E-state index < -0.39 is 72.6 Å². The second-order valence-electron chi connectivity index (χ2n) is 35.8. The third-order valence-corrected chi connectivity index (χ3v) is 23.7. The Morgan fingerprint density at radius 2 is 0.764 bits per heavy atom. The summed E-state index contributed by atoms with van der Waals surface area (Å²) in [5, 5.41) is 4.59. The third kappa shape index (κ3) is 10.8. The lowest BCUT2D eigenvalue weighted by Crippen LogP contribution is -2.59. The molecular weight excluding hydrogens is 1330 g/mol. The number of anilines is 3. The van der Waals surface area contributed by atoms with Gasteiger partial charge in [-0.05, 0) is 206 Å². The number of aromatic nitrogens is 2. The van der Waals surface area contributed by atoms with E-state index in [1.165, 1.54) is 33.0 Å². The van der Waals surface area contributed by atoms with Crippen LogP contribution >= 0.6 is 0 Å². The van der Waals surface area contributed by atoms with Crippen molar-refractivity contribution in [2.45, 2.75) is 136 Å². The Hall–Kier alpha value is -11.7. The average molecular weight is 1430 g/mol. The van der Waals surface area contributed by atoms with Crippen LogP contribution in [0.3, 0.4) is 0 Å². The van der Waals surface area contributed by atoms with Crippen molar-refractivity contribution in [3.8, 4) is 67.4 Å². The van der Waals surface area contributed by atoms with Gasteiger partial charge in [-0.25, -0.2) is 0 Å². The number of benzene rings is 14. The minimum Gasteiger partial charge on any atom is -0.458 e. The molecule has 14 aromatic carbocycles. The predicted octanol–water partition coefficient (Wildman–Crippen LogP) is 26.1. The monoisotopic (exact) mass is 1430 g/mol. The molecule has 4 heterocycles. The van der Waals surface area contributed by atoms with Crippen molar-refractivity contribution >= 4 is 83.8 Å². The quantitative estimate of drug-likeness (QED) is 0.142. The van der Waals surface area contributed by atoms with Gasteiger partial charge < -0.3 is 18.8 Å². The van der Waals surface area contributed by atoms with Crippen molar-refractivity contribution in [3.63, 3.8) is 0 Å². The lowest BCUT2D eigenvalue weighted by atomic mass is 9.34. The van der Waals surface area contributed by atoms with E-state index >= 15 is 0 Å². The fourth-order valence-electron chi connectivity index (χ4n) is 18.0. The molecule has 538 valence electrons. The van der Waals surface area contributed by atoms with Gasteiger partial charge in [-0.1, -0.05) is 310 Å². The van der Waals surface area contributed by atoms with Crippen molar-refractivity contribution in [1.29, 1.82) is 0 Å². The first-order valence-corrected chi connectivity index (χ1v) is 38.7. The highest BCUT2D eigenvalue weighted by Gasteiger charge is 2.49. The minimum atomic E-state index is -2.15. The molecule has 0 amide bonds. The number of ether oxygens (including phenoxy) is 1. The van der Waals surface area contributed by atoms with E-state index in [1.54, 1.807) is 6.07 Å². The largest absolute Gasteiger partial charge is 0.458 e. The summed E-state index contributed by atoms with van der Waals surface area (Å²) in [7, 11) is 0. The van der Waals surface area contributed by atoms with Crippen LogP contribution in [-0.4, -0.2) is 15.8 Å². The highest BCUT2D eigenvalue weighted by Crippen LogP contribution is 2.60. The van der Waals surface area contributed by atoms with Crippen molar-refractivity contribution in [1.82, 2.24) is 9.13 Å². The molecule has 0 spiro atoms. The topological polar surface area (TPSA) is 22.3 Å². The summed E-state index contributed by atoms with van der Waals surface area (Å²) in [5.74, 6) is 1.35. The van der Waals surface area contributed by atoms with Gasteiger partial charge in [-0.3, -0.25) is 0 Å². The Kier molecular flexibility index (Phi) is 13.1. The van der Waals surface area contributed by atoms with Crippen LogP contribution in [0.4, 0.5) is 17.1 Å². The van der Waals surface area contributed by atoms with Crippen molar-refractivity contribution in [2.75, 3.05) is 4.90 Å². The van der Waals surface area contributed by atoms with Gasteiger partial charge >= 0.3 is 0 Å². The molecule has 5 heteroatoms. The molecule has 0 bridgehead atoms. The summed E-state index contributed by atoms with van der Waals surface area (Å²) < 4.78 is 110. The van der Waals surface area contributed by atoms with Crippen LogP contribution in [0, 0.1) is 0 Å². The number of nitrogens with zero attached hydrogens (tertiary/aromatic N) is 3. The standard InChI is InChI=1S/C105H94BN3O/c1-100(2,3)70-44-51-89-82(56-70)83-57-71(101(4,5)6)45-52-90(83)107(89)75-48-50-88-95(63-75)110-96-64-76(108-91-53-46-72(102(7,8)9)58-84(91)85-59-73(103(10,11)12)47-54-92(85)108)62-94-98(96)106(88)87-49-43-67(55-93(87)109(94)99-80(65-31-20-16-21-32-65)60-74(104(13,14)15)61-81(99)66-33-22-17-23-34-66)77-40-30-41-79-78-39-28-29-42-86(78)105(97(77)79,68-35-24-18-25-36-68)69-37-26-19-27-38-69/h16-64H,1-15H3/i18D,19D,24D,25D,26D,27D,35D,36D,37D,38D. The number of hydrogen-bond donors (Lipinski definition) is 0. The predicted molar refractivity (Wildman–Crippen MR) is 468 cm³/mol. The molecule has 0 saturated carbocycles. The van der Waals surface area contributed by atoms with Crippen LogP contribution in [0.15, 0.2) is 297 Å². The summed E-state index contributed by atoms with van der Waals surface area (Å²) in [6, 6.07) is 78.9. The van der Waals surface area contributed by atoms with Gasteiger partial charge in [0.2, 0.25) is 0 Å². The summed E-state index contributed by atoms with van der Waals surface area (Å²) in [4.78, 5) is 2.47. The Labute approximate surface area is 663 Å². The van der Waals surface area contributed by atoms with E-state index in [0.717, 1.165) is 105 Å². The van der Waals surface area contributed by atoms with Crippen LogP contribution in [0.2, 0.25) is 0 Å². The molecule has 0 fully saturated rings. The maximum absolute atomic E-state index is 10.2. The van der Waals surface area contributed by atoms with E-state index in [-0.39, 0.29) is 38.2 Å². The van der Waals surface area contributed by atoms with Crippen LogP contribution in [0.25, 0.3) is 99.5 Å². The first-order valence-electron chi connectivity index (χ1n) is 43.7. The molecule has 1 aliphatic carbocycles. The van der Waals surface area contributed by atoms with Gasteiger partial charge in [0.25, 0.3) is 6.71 Å². The van der Waals surface area contributed by atoms with E-state index in [0.29, 0.717) is 44.9 Å². The van der Waals surface area contributed by atoms with Crippen LogP contribution in [-0.2, 0) is 32.5 Å². The highest BCUT2D eigenvalue weighted by molar-refractivity contribution is 6.99. The molecular formula is C105H94BN3O. The van der Waals surface area contributed by atoms with Gasteiger partial charge in [-0.2, -0.15) is 0 Å². The summed E-state index contributed by atoms with van der Waals surface area (Å²) in [6.45, 7) is 33.5. The fourth-order valence-corrected chi connectivity index (χ4v) is 18.0. The first kappa shape index (κ1) is 58.4. The van der Waals surface area contributed by atoms with Crippen molar-refractivity contribution in [2.24, 2.45) is 0 Å². The summed E-state index contributed by atoms with van der Waals surface area (Å²) >= 11 is 0. The summed E-state index contributed by atoms with van der Waals surface area (Å²) in [6.07, 6.45) is 0. The molecule has 0 N–H and O–H groups in total. The molecule has 2 aliphatic heterocycles. The average Bonchev–Trinajstić information content (AvgIpc) is 1.47. The lowest BCUT2D eigenvalue weighted by Gasteiger charge is -2.42. The SMILES string of the molecule is [2H]c1c([2H])c([2H])c(C2(c3c([2H])c([2H])c([2H])c([2H])c3[2H])c3ccccc3-c3cccc(-c4ccc5c(c4)N(c4c(-c6ccccc6)cc(C(C)(C)C)cc4-c4ccccc4)c4cc(-n6c7ccc(C(C)(C)C)cc7c7cc(C(C)(C)C)ccc76)cc6c4B5c4ccc(-n5c7ccc(C(C)(C)C)cc7c7cc(C(C)(C)C)ccc75)cc4O6)c32)c([2H])c1[2H]. The van der Waals surface area contributed by atoms with E-state index in [1.807, 2.05) is 36.4 Å². The maximum atomic E-state index is 10.2. The van der Waals surface area contributed by atoms with Gasteiger partial charge in [0.1, 0.15) is 11.5 Å². The Bertz CT molecular complexity index is 6770. The molecule has 0 atom stereocenters. The molecule has 4 nitrogen and oxygen atoms in total. The Morgan fingerprint density at radius 1 is 0.327 bits per heavy atom. The zero-order chi connectivity index (χ0) is 84.6. The van der Waals surface area contributed by atoms with Crippen molar-refractivity contribution in [3.05, 3.63) is 347 Å². The molecule has 0 radical (unpaired) electrons. The second kappa shape index (κ2) is 24.7. The van der Waals surface area contributed by atoms with Gasteiger partial charge in [-0.15, -0.1) is 0 Å². The van der Waals surface area contributed by atoms with Crippen LogP contribution in [0.5, 0.6) is 11.5 Å². The molecule has 16 aromatic rings.